The van der Waals surface area contributed by atoms with Crippen molar-refractivity contribution in [2.45, 2.75) is 32.2 Å². The van der Waals surface area contributed by atoms with E-state index in [0.29, 0.717) is 6.04 Å². The van der Waals surface area contributed by atoms with E-state index in [1.807, 2.05) is 12.4 Å². The van der Waals surface area contributed by atoms with Crippen molar-refractivity contribution in [3.05, 3.63) is 47.4 Å². The molecule has 1 N–H and O–H groups in total. The largest absolute Gasteiger partial charge is 0.355 e. The minimum absolute atomic E-state index is 0.598. The first-order valence-electron chi connectivity index (χ1n) is 8.87. The molecular formula is C19H23N5S. The first-order valence-corrected chi connectivity index (χ1v) is 9.75. The van der Waals surface area contributed by atoms with Crippen LogP contribution in [-0.4, -0.2) is 40.6 Å². The number of nitrogens with zero attached hydrogens (tertiary/aromatic N) is 4. The van der Waals surface area contributed by atoms with Crippen molar-refractivity contribution in [3.8, 4) is 0 Å². The van der Waals surface area contributed by atoms with E-state index in [0.717, 1.165) is 50.2 Å². The number of thiophene rings is 1. The Morgan fingerprint density at radius 2 is 2.00 bits per heavy atom. The Hall–Kier alpha value is -2.05. The molecule has 0 unspecified atom stereocenters. The summed E-state index contributed by atoms with van der Waals surface area (Å²) in [5, 5.41) is 5.88. The molecule has 130 valence electrons. The summed E-state index contributed by atoms with van der Waals surface area (Å²) in [6.07, 6.45) is 8.81. The Kier molecular flexibility index (Phi) is 4.90. The van der Waals surface area contributed by atoms with Crippen LogP contribution < -0.4 is 10.2 Å². The van der Waals surface area contributed by atoms with Gasteiger partial charge in [0.15, 0.2) is 0 Å². The van der Waals surface area contributed by atoms with Crippen LogP contribution in [0, 0.1) is 6.92 Å². The summed E-state index contributed by atoms with van der Waals surface area (Å²) in [5.41, 5.74) is 3.69. The molecule has 4 heterocycles. The second kappa shape index (κ2) is 7.45. The van der Waals surface area contributed by atoms with Gasteiger partial charge in [0.25, 0.3) is 0 Å². The number of anilines is 1. The molecule has 0 aromatic carbocycles. The lowest BCUT2D eigenvalue weighted by Gasteiger charge is -2.33. The Bertz CT molecular complexity index is 824. The van der Waals surface area contributed by atoms with Gasteiger partial charge in [0, 0.05) is 31.5 Å². The van der Waals surface area contributed by atoms with Crippen LogP contribution in [0.2, 0.25) is 0 Å². The Balaban J connectivity index is 1.32. The lowest BCUT2D eigenvalue weighted by Crippen LogP contribution is -2.43. The predicted molar refractivity (Wildman–Crippen MR) is 103 cm³/mol. The molecular weight excluding hydrogens is 330 g/mol. The number of rotatable bonds is 5. The summed E-state index contributed by atoms with van der Waals surface area (Å²) in [7, 11) is 0. The summed E-state index contributed by atoms with van der Waals surface area (Å²) in [6.45, 7) is 5.25. The normalized spacial score (nSPS) is 15.8. The van der Waals surface area contributed by atoms with E-state index in [9.17, 15) is 0 Å². The van der Waals surface area contributed by atoms with E-state index >= 15 is 0 Å². The maximum atomic E-state index is 4.57. The van der Waals surface area contributed by atoms with Crippen LogP contribution in [0.1, 0.15) is 24.0 Å². The summed E-state index contributed by atoms with van der Waals surface area (Å²) in [5.74, 6) is 1.11. The number of nitrogens with one attached hydrogen (secondary N) is 1. The van der Waals surface area contributed by atoms with E-state index < -0.39 is 0 Å². The van der Waals surface area contributed by atoms with Gasteiger partial charge in [0.2, 0.25) is 0 Å². The number of aryl methyl sites for hydroxylation is 1. The standard InChI is InChI=1S/C19H23N5S/c1-14-12-25-18-17(14)22-13-23-19(18)24-10-5-16(6-11-24)21-9-4-15-2-7-20-8-3-15/h2-3,7-8,12-13,16,21H,4-6,9-11H2,1H3. The second-order valence-electron chi connectivity index (χ2n) is 6.61. The predicted octanol–water partition coefficient (Wildman–Crippen LogP) is 3.20. The van der Waals surface area contributed by atoms with Crippen molar-refractivity contribution in [2.24, 2.45) is 0 Å². The van der Waals surface area contributed by atoms with E-state index in [1.54, 1.807) is 17.7 Å². The molecule has 0 aliphatic carbocycles. The molecule has 0 saturated carbocycles. The fraction of sp³-hybridized carbons (Fsp3) is 0.421. The lowest BCUT2D eigenvalue weighted by atomic mass is 10.0. The molecule has 3 aromatic heterocycles. The molecule has 1 saturated heterocycles. The number of fused-ring (bicyclic) bond motifs is 1. The molecule has 4 rings (SSSR count). The summed E-state index contributed by atoms with van der Waals surface area (Å²) >= 11 is 1.76. The average molecular weight is 353 g/mol. The highest BCUT2D eigenvalue weighted by Gasteiger charge is 2.22. The van der Waals surface area contributed by atoms with E-state index in [4.69, 9.17) is 0 Å². The van der Waals surface area contributed by atoms with Gasteiger partial charge in [-0.1, -0.05) is 0 Å². The Morgan fingerprint density at radius 3 is 2.80 bits per heavy atom. The van der Waals surface area contributed by atoms with Crippen LogP contribution >= 0.6 is 11.3 Å². The maximum Gasteiger partial charge on any atom is 0.150 e. The fourth-order valence-electron chi connectivity index (χ4n) is 3.45. The van der Waals surface area contributed by atoms with Crippen molar-refractivity contribution in [1.29, 1.82) is 0 Å². The summed E-state index contributed by atoms with van der Waals surface area (Å²) < 4.78 is 1.23. The average Bonchev–Trinajstić information content (AvgIpc) is 3.05. The number of aromatic nitrogens is 3. The molecule has 3 aromatic rings. The van der Waals surface area contributed by atoms with Gasteiger partial charge in [-0.25, -0.2) is 9.97 Å². The van der Waals surface area contributed by atoms with Crippen molar-refractivity contribution in [2.75, 3.05) is 24.5 Å². The van der Waals surface area contributed by atoms with Crippen LogP contribution in [0.3, 0.4) is 0 Å². The molecule has 1 fully saturated rings. The molecule has 0 spiro atoms. The SMILES string of the molecule is Cc1csc2c(N3CCC(NCCc4ccncc4)CC3)ncnc12. The monoisotopic (exact) mass is 353 g/mol. The highest BCUT2D eigenvalue weighted by molar-refractivity contribution is 7.18. The minimum atomic E-state index is 0.598. The second-order valence-corrected chi connectivity index (χ2v) is 7.49. The number of hydrogen-bond acceptors (Lipinski definition) is 6. The molecule has 1 aliphatic heterocycles. The third-order valence-electron chi connectivity index (χ3n) is 4.90. The third-order valence-corrected chi connectivity index (χ3v) is 5.99. The van der Waals surface area contributed by atoms with Gasteiger partial charge < -0.3 is 10.2 Å². The van der Waals surface area contributed by atoms with E-state index in [2.05, 4.69) is 49.6 Å². The zero-order valence-corrected chi connectivity index (χ0v) is 15.3. The zero-order chi connectivity index (χ0) is 17.1. The zero-order valence-electron chi connectivity index (χ0n) is 14.5. The van der Waals surface area contributed by atoms with Gasteiger partial charge in [-0.3, -0.25) is 4.98 Å². The van der Waals surface area contributed by atoms with Gasteiger partial charge in [0.05, 0.1) is 10.2 Å². The van der Waals surface area contributed by atoms with Crippen LogP contribution in [0.15, 0.2) is 36.2 Å². The minimum Gasteiger partial charge on any atom is -0.355 e. The van der Waals surface area contributed by atoms with Gasteiger partial charge in [-0.15, -0.1) is 11.3 Å². The quantitative estimate of drug-likeness (QED) is 0.763. The van der Waals surface area contributed by atoms with Crippen LogP contribution in [0.4, 0.5) is 5.82 Å². The molecule has 0 bridgehead atoms. The molecule has 0 amide bonds. The first-order chi connectivity index (χ1) is 12.3. The third kappa shape index (κ3) is 3.65. The Labute approximate surface area is 152 Å². The van der Waals surface area contributed by atoms with Crippen molar-refractivity contribution in [1.82, 2.24) is 20.3 Å². The highest BCUT2D eigenvalue weighted by atomic mass is 32.1. The van der Waals surface area contributed by atoms with E-state index in [-0.39, 0.29) is 0 Å². The molecule has 25 heavy (non-hydrogen) atoms. The van der Waals surface area contributed by atoms with Gasteiger partial charge >= 0.3 is 0 Å². The molecule has 0 radical (unpaired) electrons. The van der Waals surface area contributed by atoms with Crippen molar-refractivity contribution < 1.29 is 0 Å². The van der Waals surface area contributed by atoms with Crippen LogP contribution in [0.5, 0.6) is 0 Å². The fourth-order valence-corrected chi connectivity index (χ4v) is 4.47. The highest BCUT2D eigenvalue weighted by Crippen LogP contribution is 2.32. The van der Waals surface area contributed by atoms with Gasteiger partial charge in [-0.2, -0.15) is 0 Å². The molecule has 6 heteroatoms. The summed E-state index contributed by atoms with van der Waals surface area (Å²) in [6, 6.07) is 4.78. The van der Waals surface area contributed by atoms with E-state index in [1.165, 1.54) is 15.8 Å². The maximum absolute atomic E-state index is 4.57. The molecule has 0 atom stereocenters. The lowest BCUT2D eigenvalue weighted by molar-refractivity contribution is 0.417. The number of pyridine rings is 1. The van der Waals surface area contributed by atoms with Crippen LogP contribution in [0.25, 0.3) is 10.2 Å². The Morgan fingerprint density at radius 1 is 1.20 bits per heavy atom. The van der Waals surface area contributed by atoms with Crippen LogP contribution in [-0.2, 0) is 6.42 Å². The summed E-state index contributed by atoms with van der Waals surface area (Å²) in [4.78, 5) is 15.5. The van der Waals surface area contributed by atoms with Crippen molar-refractivity contribution in [3.63, 3.8) is 0 Å². The molecule has 1 aliphatic rings. The van der Waals surface area contributed by atoms with Crippen molar-refractivity contribution >= 4 is 27.4 Å². The molecule has 5 nitrogen and oxygen atoms in total. The topological polar surface area (TPSA) is 53.9 Å². The van der Waals surface area contributed by atoms with Gasteiger partial charge in [-0.05, 0) is 61.4 Å². The number of hydrogen-bond donors (Lipinski definition) is 1. The first kappa shape index (κ1) is 16.4. The number of piperidine rings is 1. The smallest absolute Gasteiger partial charge is 0.150 e. The van der Waals surface area contributed by atoms with Gasteiger partial charge in [0.1, 0.15) is 12.1 Å².